The Morgan fingerprint density at radius 2 is 1.86 bits per heavy atom. The highest BCUT2D eigenvalue weighted by atomic mass is 32.2. The van der Waals surface area contributed by atoms with Crippen LogP contribution in [0.25, 0.3) is 0 Å². The van der Waals surface area contributed by atoms with E-state index in [1.54, 1.807) is 18.2 Å². The molecule has 0 N–H and O–H groups in total. The highest BCUT2D eigenvalue weighted by molar-refractivity contribution is 8.27. The maximum absolute atomic E-state index is 12.8. The van der Waals surface area contributed by atoms with Crippen LogP contribution < -0.4 is 9.80 Å². The Hall–Kier alpha value is -2.62. The van der Waals surface area contributed by atoms with Crippen LogP contribution in [0.15, 0.2) is 75.5 Å². The predicted molar refractivity (Wildman–Crippen MR) is 118 cm³/mol. The zero-order chi connectivity index (χ0) is 19.8. The third-order valence-electron chi connectivity index (χ3n) is 4.25. The smallest absolute Gasteiger partial charge is 0.271 e. The number of benzene rings is 2. The van der Waals surface area contributed by atoms with E-state index in [2.05, 4.69) is 0 Å². The number of nitro benzene ring substituents is 1. The molecule has 1 amide bonds. The van der Waals surface area contributed by atoms with Crippen LogP contribution in [-0.2, 0) is 4.79 Å². The van der Waals surface area contributed by atoms with Crippen molar-refractivity contribution in [3.05, 3.63) is 80.7 Å². The van der Waals surface area contributed by atoms with E-state index in [0.29, 0.717) is 9.23 Å². The molecule has 2 aliphatic heterocycles. The van der Waals surface area contributed by atoms with Gasteiger partial charge in [-0.05, 0) is 30.4 Å². The lowest BCUT2D eigenvalue weighted by Gasteiger charge is -2.14. The zero-order valence-corrected chi connectivity index (χ0v) is 17.0. The summed E-state index contributed by atoms with van der Waals surface area (Å²) in [7, 11) is 1.84. The normalized spacial score (nSPS) is 19.0. The van der Waals surface area contributed by atoms with Gasteiger partial charge >= 0.3 is 0 Å². The van der Waals surface area contributed by atoms with Gasteiger partial charge in [-0.2, -0.15) is 0 Å². The van der Waals surface area contributed by atoms with Crippen LogP contribution in [0.2, 0.25) is 0 Å². The highest BCUT2D eigenvalue weighted by Crippen LogP contribution is 2.46. The van der Waals surface area contributed by atoms with Crippen LogP contribution in [0, 0.1) is 10.1 Å². The number of fused-ring (bicyclic) bond motifs is 1. The Balaban J connectivity index is 1.59. The molecule has 0 unspecified atom stereocenters. The van der Waals surface area contributed by atoms with Gasteiger partial charge in [0, 0.05) is 24.1 Å². The summed E-state index contributed by atoms with van der Waals surface area (Å²) in [5, 5.41) is 11.9. The molecule has 0 atom stereocenters. The molecule has 6 nitrogen and oxygen atoms in total. The first-order chi connectivity index (χ1) is 13.5. The largest absolute Gasteiger partial charge is 0.338 e. The second kappa shape index (κ2) is 7.42. The van der Waals surface area contributed by atoms with Gasteiger partial charge in [-0.3, -0.25) is 19.8 Å². The van der Waals surface area contributed by atoms with Gasteiger partial charge in [-0.25, -0.2) is 0 Å². The Labute approximate surface area is 175 Å². The molecule has 0 bridgehead atoms. The molecule has 2 aromatic rings. The topological polar surface area (TPSA) is 66.7 Å². The number of carbonyl (C=O) groups is 1. The van der Waals surface area contributed by atoms with Gasteiger partial charge in [0.05, 0.1) is 26.2 Å². The maximum Gasteiger partial charge on any atom is 0.271 e. The summed E-state index contributed by atoms with van der Waals surface area (Å²) in [6.45, 7) is 0. The molecule has 0 aromatic heterocycles. The van der Waals surface area contributed by atoms with E-state index in [9.17, 15) is 14.9 Å². The van der Waals surface area contributed by atoms with Gasteiger partial charge in [-0.1, -0.05) is 53.9 Å². The number of hydrogen-bond donors (Lipinski definition) is 0. The molecule has 0 aliphatic carbocycles. The molecule has 28 heavy (non-hydrogen) atoms. The Bertz CT molecular complexity index is 1070. The van der Waals surface area contributed by atoms with Crippen LogP contribution in [0.4, 0.5) is 17.1 Å². The van der Waals surface area contributed by atoms with E-state index in [1.807, 2.05) is 48.4 Å². The molecule has 2 heterocycles. The standard InChI is InChI=1S/C19H13N3O3S3/c1-20-14-11-13(22(24)25)7-8-15(14)27-17(20)10-9-16-18(23)21(19(26)28-16)12-5-3-2-4-6-12/h2-11H,1H3. The highest BCUT2D eigenvalue weighted by Gasteiger charge is 2.33. The molecule has 140 valence electrons. The summed E-state index contributed by atoms with van der Waals surface area (Å²) in [6.07, 6.45) is 3.59. The molecule has 1 fully saturated rings. The van der Waals surface area contributed by atoms with Gasteiger partial charge in [0.25, 0.3) is 11.6 Å². The van der Waals surface area contributed by atoms with Crippen molar-refractivity contribution in [2.45, 2.75) is 4.90 Å². The molecule has 0 saturated carbocycles. The summed E-state index contributed by atoms with van der Waals surface area (Å²) >= 11 is 8.13. The lowest BCUT2D eigenvalue weighted by molar-refractivity contribution is -0.384. The van der Waals surface area contributed by atoms with Gasteiger partial charge in [0.15, 0.2) is 4.32 Å². The molecule has 4 rings (SSSR count). The minimum Gasteiger partial charge on any atom is -0.338 e. The van der Waals surface area contributed by atoms with Crippen molar-refractivity contribution in [2.24, 2.45) is 0 Å². The molecule has 0 radical (unpaired) electrons. The second-order valence-corrected chi connectivity index (χ2v) is 8.69. The Morgan fingerprint density at radius 3 is 2.57 bits per heavy atom. The molecular formula is C19H13N3O3S3. The van der Waals surface area contributed by atoms with E-state index in [1.165, 1.54) is 34.5 Å². The summed E-state index contributed by atoms with van der Waals surface area (Å²) in [5.74, 6) is -0.156. The van der Waals surface area contributed by atoms with E-state index in [-0.39, 0.29) is 11.6 Å². The Kier molecular flexibility index (Phi) is 4.96. The fourth-order valence-corrected chi connectivity index (χ4v) is 5.12. The molecule has 0 spiro atoms. The van der Waals surface area contributed by atoms with Gasteiger partial charge in [-0.15, -0.1) is 0 Å². The number of thioether (sulfide) groups is 2. The molecule has 1 saturated heterocycles. The zero-order valence-electron chi connectivity index (χ0n) is 14.6. The first-order valence-electron chi connectivity index (χ1n) is 8.19. The fourth-order valence-electron chi connectivity index (χ4n) is 2.84. The number of carbonyl (C=O) groups excluding carboxylic acids is 1. The van der Waals surface area contributed by atoms with E-state index in [0.717, 1.165) is 21.3 Å². The number of allylic oxidation sites excluding steroid dienone is 2. The molecule has 2 aromatic carbocycles. The number of anilines is 2. The van der Waals surface area contributed by atoms with Gasteiger partial charge < -0.3 is 4.90 Å². The summed E-state index contributed by atoms with van der Waals surface area (Å²) in [4.78, 5) is 28.2. The lowest BCUT2D eigenvalue weighted by atomic mass is 10.2. The summed E-state index contributed by atoms with van der Waals surface area (Å²) in [5.41, 5.74) is 1.57. The number of rotatable bonds is 3. The number of amides is 1. The molecule has 9 heteroatoms. The quantitative estimate of drug-likeness (QED) is 0.298. The average molecular weight is 428 g/mol. The number of hydrogen-bond acceptors (Lipinski definition) is 7. The number of non-ortho nitro benzene ring substituents is 1. The minimum atomic E-state index is -0.407. The number of para-hydroxylation sites is 1. The SMILES string of the molecule is CN1C(=CC=C2SC(=S)N(c3ccccc3)C2=O)Sc2ccc([N+](=O)[O-])cc21. The lowest BCUT2D eigenvalue weighted by Crippen LogP contribution is -2.27. The molecule has 2 aliphatic rings. The van der Waals surface area contributed by atoms with Crippen molar-refractivity contribution >= 4 is 63.0 Å². The van der Waals surface area contributed by atoms with Crippen LogP contribution in [0.3, 0.4) is 0 Å². The van der Waals surface area contributed by atoms with E-state index in [4.69, 9.17) is 12.2 Å². The van der Waals surface area contributed by atoms with Gasteiger partial charge in [0.2, 0.25) is 0 Å². The predicted octanol–water partition coefficient (Wildman–Crippen LogP) is 4.93. The van der Waals surface area contributed by atoms with Crippen molar-refractivity contribution in [3.8, 4) is 0 Å². The van der Waals surface area contributed by atoms with Crippen molar-refractivity contribution < 1.29 is 9.72 Å². The fraction of sp³-hybridized carbons (Fsp3) is 0.0526. The average Bonchev–Trinajstić information content (AvgIpc) is 3.16. The third-order valence-corrected chi connectivity index (χ3v) is 6.75. The van der Waals surface area contributed by atoms with E-state index < -0.39 is 4.92 Å². The van der Waals surface area contributed by atoms with Crippen LogP contribution in [-0.4, -0.2) is 22.2 Å². The molecular weight excluding hydrogens is 414 g/mol. The van der Waals surface area contributed by atoms with Crippen molar-refractivity contribution in [3.63, 3.8) is 0 Å². The van der Waals surface area contributed by atoms with E-state index >= 15 is 0 Å². The van der Waals surface area contributed by atoms with Crippen molar-refractivity contribution in [1.29, 1.82) is 0 Å². The first-order valence-corrected chi connectivity index (χ1v) is 10.2. The monoisotopic (exact) mass is 427 g/mol. The summed E-state index contributed by atoms with van der Waals surface area (Å²) in [6, 6.07) is 14.1. The van der Waals surface area contributed by atoms with Crippen LogP contribution in [0.1, 0.15) is 0 Å². The summed E-state index contributed by atoms with van der Waals surface area (Å²) < 4.78 is 0.493. The maximum atomic E-state index is 12.8. The van der Waals surface area contributed by atoms with Gasteiger partial charge in [0.1, 0.15) is 0 Å². The van der Waals surface area contributed by atoms with Crippen molar-refractivity contribution in [1.82, 2.24) is 0 Å². The second-order valence-electron chi connectivity index (χ2n) is 5.95. The number of thiocarbonyl (C=S) groups is 1. The van der Waals surface area contributed by atoms with Crippen LogP contribution >= 0.6 is 35.7 Å². The number of nitrogens with zero attached hydrogens (tertiary/aromatic N) is 3. The minimum absolute atomic E-state index is 0.0520. The van der Waals surface area contributed by atoms with Crippen molar-refractivity contribution in [2.75, 3.05) is 16.8 Å². The number of nitro groups is 1. The van der Waals surface area contributed by atoms with Crippen LogP contribution in [0.5, 0.6) is 0 Å². The third kappa shape index (κ3) is 3.32. The Morgan fingerprint density at radius 1 is 1.11 bits per heavy atom. The first kappa shape index (κ1) is 18.7.